The molecule has 1 aliphatic heterocycles. The average molecular weight is 331 g/mol. The third-order valence-corrected chi connectivity index (χ3v) is 4.33. The molecule has 1 aromatic carbocycles. The molecule has 0 saturated carbocycles. The summed E-state index contributed by atoms with van der Waals surface area (Å²) in [5.41, 5.74) is 2.09. The number of urea groups is 1. The molecule has 1 unspecified atom stereocenters. The number of hydrogen-bond donors (Lipinski definition) is 1. The van der Waals surface area contributed by atoms with Crippen molar-refractivity contribution in [2.24, 2.45) is 7.05 Å². The summed E-state index contributed by atoms with van der Waals surface area (Å²) in [6, 6.07) is 6.65. The molecule has 0 radical (unpaired) electrons. The lowest BCUT2D eigenvalue weighted by molar-refractivity contribution is 0.200. The quantitative estimate of drug-likeness (QED) is 0.920. The average Bonchev–Trinajstić information content (AvgIpc) is 2.85. The lowest BCUT2D eigenvalue weighted by Crippen LogP contribution is -2.55. The van der Waals surface area contributed by atoms with Crippen molar-refractivity contribution in [1.82, 2.24) is 14.7 Å². The first-order valence-corrected chi connectivity index (χ1v) is 8.03. The summed E-state index contributed by atoms with van der Waals surface area (Å²) in [4.78, 5) is 16.2. The van der Waals surface area contributed by atoms with E-state index < -0.39 is 0 Å². The van der Waals surface area contributed by atoms with Crippen LogP contribution in [0.4, 0.5) is 20.6 Å². The van der Waals surface area contributed by atoms with Gasteiger partial charge in [-0.15, -0.1) is 0 Å². The Hall–Kier alpha value is -2.57. The van der Waals surface area contributed by atoms with Crippen molar-refractivity contribution in [3.63, 3.8) is 0 Å². The van der Waals surface area contributed by atoms with E-state index in [2.05, 4.69) is 10.4 Å². The largest absolute Gasteiger partial charge is 0.363 e. The summed E-state index contributed by atoms with van der Waals surface area (Å²) in [7, 11) is 1.82. The van der Waals surface area contributed by atoms with Crippen LogP contribution in [0.25, 0.3) is 0 Å². The highest BCUT2D eigenvalue weighted by Crippen LogP contribution is 2.24. The summed E-state index contributed by atoms with van der Waals surface area (Å²) in [6.45, 7) is 5.54. The number of nitrogens with zero attached hydrogens (tertiary/aromatic N) is 4. The van der Waals surface area contributed by atoms with Crippen LogP contribution in [0.3, 0.4) is 0 Å². The number of halogens is 1. The van der Waals surface area contributed by atoms with Crippen LogP contribution in [0.5, 0.6) is 0 Å². The molecule has 1 aliphatic rings. The molecule has 24 heavy (non-hydrogen) atoms. The summed E-state index contributed by atoms with van der Waals surface area (Å²) in [5.74, 6) is -0.228. The van der Waals surface area contributed by atoms with Gasteiger partial charge in [0.15, 0.2) is 0 Å². The first kappa shape index (κ1) is 16.3. The summed E-state index contributed by atoms with van der Waals surface area (Å²) < 4.78 is 15.7. The highest BCUT2D eigenvalue weighted by atomic mass is 19.1. The molecule has 0 bridgehead atoms. The third kappa shape index (κ3) is 3.20. The summed E-state index contributed by atoms with van der Waals surface area (Å²) in [6.07, 6.45) is 1.78. The van der Waals surface area contributed by atoms with E-state index in [1.807, 2.05) is 31.9 Å². The van der Waals surface area contributed by atoms with Gasteiger partial charge in [-0.05, 0) is 26.0 Å². The van der Waals surface area contributed by atoms with Crippen LogP contribution in [0.2, 0.25) is 0 Å². The molecule has 128 valence electrons. The van der Waals surface area contributed by atoms with Gasteiger partial charge >= 0.3 is 6.03 Å². The van der Waals surface area contributed by atoms with E-state index in [1.165, 1.54) is 6.07 Å². The molecule has 1 fully saturated rings. The number of piperazine rings is 1. The Balaban J connectivity index is 1.66. The number of anilines is 2. The lowest BCUT2D eigenvalue weighted by atomic mass is 10.1. The van der Waals surface area contributed by atoms with Gasteiger partial charge in [0, 0.05) is 38.9 Å². The molecule has 2 amide bonds. The van der Waals surface area contributed by atoms with Crippen molar-refractivity contribution in [2.45, 2.75) is 19.9 Å². The van der Waals surface area contributed by atoms with Crippen LogP contribution in [0, 0.1) is 12.7 Å². The Morgan fingerprint density at radius 1 is 1.33 bits per heavy atom. The Morgan fingerprint density at radius 3 is 2.71 bits per heavy atom. The smallest absolute Gasteiger partial charge is 0.322 e. The van der Waals surface area contributed by atoms with E-state index in [9.17, 15) is 9.18 Å². The Bertz CT molecular complexity index is 744. The van der Waals surface area contributed by atoms with E-state index in [0.29, 0.717) is 31.0 Å². The van der Waals surface area contributed by atoms with Gasteiger partial charge < -0.3 is 15.1 Å². The van der Waals surface area contributed by atoms with Gasteiger partial charge in [-0.2, -0.15) is 5.10 Å². The monoisotopic (exact) mass is 331 g/mol. The SMILES string of the molecule is Cc1nn(C)cc1NC(=O)N1CCN(c2ccccc2F)C(C)C1. The molecular formula is C17H22FN5O. The van der Waals surface area contributed by atoms with Crippen LogP contribution in [0.1, 0.15) is 12.6 Å². The Labute approximate surface area is 140 Å². The molecule has 0 aliphatic carbocycles. The zero-order valence-electron chi connectivity index (χ0n) is 14.2. The predicted molar refractivity (Wildman–Crippen MR) is 91.7 cm³/mol. The van der Waals surface area contributed by atoms with Crippen molar-refractivity contribution >= 4 is 17.4 Å². The molecule has 2 heterocycles. The summed E-state index contributed by atoms with van der Waals surface area (Å²) in [5, 5.41) is 7.12. The first-order valence-electron chi connectivity index (χ1n) is 8.03. The van der Waals surface area contributed by atoms with Gasteiger partial charge in [-0.3, -0.25) is 4.68 Å². The van der Waals surface area contributed by atoms with Crippen LogP contribution in [-0.2, 0) is 7.05 Å². The second-order valence-corrected chi connectivity index (χ2v) is 6.17. The van der Waals surface area contributed by atoms with E-state index in [4.69, 9.17) is 0 Å². The van der Waals surface area contributed by atoms with Crippen LogP contribution >= 0.6 is 0 Å². The minimum atomic E-state index is -0.228. The highest BCUT2D eigenvalue weighted by Gasteiger charge is 2.28. The number of para-hydroxylation sites is 1. The van der Waals surface area contributed by atoms with Crippen molar-refractivity contribution in [3.05, 3.63) is 42.0 Å². The molecule has 1 aromatic heterocycles. The van der Waals surface area contributed by atoms with Gasteiger partial charge in [0.25, 0.3) is 0 Å². The third-order valence-electron chi connectivity index (χ3n) is 4.33. The number of benzene rings is 1. The Morgan fingerprint density at radius 2 is 2.08 bits per heavy atom. The van der Waals surface area contributed by atoms with Gasteiger partial charge in [-0.1, -0.05) is 12.1 Å². The number of rotatable bonds is 2. The van der Waals surface area contributed by atoms with Gasteiger partial charge in [-0.25, -0.2) is 9.18 Å². The molecular weight excluding hydrogens is 309 g/mol. The van der Waals surface area contributed by atoms with E-state index in [1.54, 1.807) is 27.9 Å². The standard InChI is InChI=1S/C17H22FN5O/c1-12-10-22(17(24)19-15-11-21(3)20-13(15)2)8-9-23(12)16-7-5-4-6-14(16)18/h4-7,11-12H,8-10H2,1-3H3,(H,19,24). The van der Waals surface area contributed by atoms with E-state index in [-0.39, 0.29) is 17.9 Å². The fourth-order valence-corrected chi connectivity index (χ4v) is 3.10. The second kappa shape index (κ2) is 6.51. The maximum Gasteiger partial charge on any atom is 0.322 e. The number of nitrogens with one attached hydrogen (secondary N) is 1. The van der Waals surface area contributed by atoms with Crippen molar-refractivity contribution in [3.8, 4) is 0 Å². The number of carbonyl (C=O) groups excluding carboxylic acids is 1. The number of amides is 2. The van der Waals surface area contributed by atoms with Gasteiger partial charge in [0.05, 0.1) is 17.1 Å². The Kier molecular flexibility index (Phi) is 4.42. The van der Waals surface area contributed by atoms with Crippen molar-refractivity contribution < 1.29 is 9.18 Å². The molecule has 7 heteroatoms. The van der Waals surface area contributed by atoms with Crippen molar-refractivity contribution in [1.29, 1.82) is 0 Å². The maximum absolute atomic E-state index is 14.0. The zero-order chi connectivity index (χ0) is 17.3. The zero-order valence-corrected chi connectivity index (χ0v) is 14.2. The van der Waals surface area contributed by atoms with Crippen LogP contribution in [0.15, 0.2) is 30.5 Å². The van der Waals surface area contributed by atoms with Crippen molar-refractivity contribution in [2.75, 3.05) is 29.9 Å². The fraction of sp³-hybridized carbons (Fsp3) is 0.412. The molecule has 0 spiro atoms. The predicted octanol–water partition coefficient (Wildman–Crippen LogP) is 2.61. The lowest BCUT2D eigenvalue weighted by Gasteiger charge is -2.41. The minimum absolute atomic E-state index is 0.0383. The number of aryl methyl sites for hydroxylation is 2. The minimum Gasteiger partial charge on any atom is -0.363 e. The molecule has 1 saturated heterocycles. The number of hydrogen-bond acceptors (Lipinski definition) is 3. The first-order chi connectivity index (χ1) is 11.5. The van der Waals surface area contributed by atoms with Crippen LogP contribution in [-0.4, -0.2) is 46.4 Å². The molecule has 1 N–H and O–H groups in total. The number of aromatic nitrogens is 2. The summed E-state index contributed by atoms with van der Waals surface area (Å²) >= 11 is 0. The topological polar surface area (TPSA) is 53.4 Å². The van der Waals surface area contributed by atoms with Gasteiger partial charge in [0.1, 0.15) is 5.82 Å². The highest BCUT2D eigenvalue weighted by molar-refractivity contribution is 5.90. The van der Waals surface area contributed by atoms with Crippen LogP contribution < -0.4 is 10.2 Å². The molecule has 3 rings (SSSR count). The number of carbonyl (C=O) groups is 1. The van der Waals surface area contributed by atoms with E-state index >= 15 is 0 Å². The fourth-order valence-electron chi connectivity index (χ4n) is 3.10. The molecule has 6 nitrogen and oxygen atoms in total. The van der Waals surface area contributed by atoms with E-state index in [0.717, 1.165) is 5.69 Å². The molecule has 1 atom stereocenters. The normalized spacial score (nSPS) is 17.9. The van der Waals surface area contributed by atoms with Gasteiger partial charge in [0.2, 0.25) is 0 Å². The second-order valence-electron chi connectivity index (χ2n) is 6.17. The maximum atomic E-state index is 14.0. The molecule has 2 aromatic rings.